The van der Waals surface area contributed by atoms with Crippen LogP contribution in [0.4, 0.5) is 0 Å². The molecule has 0 bridgehead atoms. The van der Waals surface area contributed by atoms with Crippen LogP contribution in [-0.2, 0) is 6.61 Å². The third kappa shape index (κ3) is 2.66. The molecular formula is C16H13N5OS. The molecule has 3 aromatic heterocycles. The van der Waals surface area contributed by atoms with Gasteiger partial charge < -0.3 is 4.74 Å². The van der Waals surface area contributed by atoms with Crippen LogP contribution in [0.2, 0.25) is 0 Å². The van der Waals surface area contributed by atoms with Gasteiger partial charge in [-0.1, -0.05) is 29.5 Å². The smallest absolute Gasteiger partial charge is 0.235 e. The average molecular weight is 323 g/mol. The van der Waals surface area contributed by atoms with E-state index < -0.39 is 0 Å². The van der Waals surface area contributed by atoms with E-state index in [0.29, 0.717) is 12.4 Å². The van der Waals surface area contributed by atoms with Gasteiger partial charge in [-0.2, -0.15) is 9.61 Å². The first kappa shape index (κ1) is 13.8. The summed E-state index contributed by atoms with van der Waals surface area (Å²) in [6.45, 7) is 2.33. The van der Waals surface area contributed by atoms with E-state index in [0.717, 1.165) is 26.8 Å². The molecule has 7 heteroatoms. The molecule has 6 nitrogen and oxygen atoms in total. The third-order valence-corrected chi connectivity index (χ3v) is 4.36. The van der Waals surface area contributed by atoms with Crippen LogP contribution in [0, 0.1) is 6.92 Å². The minimum Gasteiger partial charge on any atom is -0.485 e. The monoisotopic (exact) mass is 323 g/mol. The molecule has 0 amide bonds. The van der Waals surface area contributed by atoms with Gasteiger partial charge in [0.05, 0.1) is 0 Å². The van der Waals surface area contributed by atoms with Crippen molar-refractivity contribution in [1.82, 2.24) is 24.8 Å². The standard InChI is InChI=1S/C16H13N5OS/c1-11-5-2-3-7-13(11)22-10-14-18-19-16-21(14)20-15(23-16)12-6-4-8-17-9-12/h2-9H,10H2,1H3. The Morgan fingerprint density at radius 3 is 2.87 bits per heavy atom. The third-order valence-electron chi connectivity index (χ3n) is 3.41. The van der Waals surface area contributed by atoms with E-state index >= 15 is 0 Å². The lowest BCUT2D eigenvalue weighted by Crippen LogP contribution is -2.03. The predicted octanol–water partition coefficient (Wildman–Crippen LogP) is 3.14. The Morgan fingerprint density at radius 1 is 1.13 bits per heavy atom. The van der Waals surface area contributed by atoms with Crippen LogP contribution in [0.1, 0.15) is 11.4 Å². The van der Waals surface area contributed by atoms with Gasteiger partial charge in [0.1, 0.15) is 17.4 Å². The van der Waals surface area contributed by atoms with E-state index in [2.05, 4.69) is 20.3 Å². The molecule has 0 saturated carbocycles. The molecule has 0 unspecified atom stereocenters. The molecule has 3 heterocycles. The molecule has 0 aliphatic heterocycles. The molecule has 0 saturated heterocycles. The Hall–Kier alpha value is -2.80. The van der Waals surface area contributed by atoms with Gasteiger partial charge in [-0.25, -0.2) is 0 Å². The van der Waals surface area contributed by atoms with E-state index in [4.69, 9.17) is 4.74 Å². The molecule has 0 radical (unpaired) electrons. The van der Waals surface area contributed by atoms with Crippen LogP contribution < -0.4 is 4.74 Å². The largest absolute Gasteiger partial charge is 0.485 e. The van der Waals surface area contributed by atoms with E-state index in [1.54, 1.807) is 16.9 Å². The number of pyridine rings is 1. The molecule has 0 fully saturated rings. The van der Waals surface area contributed by atoms with Crippen LogP contribution >= 0.6 is 11.3 Å². The van der Waals surface area contributed by atoms with Crippen molar-refractivity contribution in [3.63, 3.8) is 0 Å². The van der Waals surface area contributed by atoms with Crippen molar-refractivity contribution in [2.75, 3.05) is 0 Å². The summed E-state index contributed by atoms with van der Waals surface area (Å²) in [5, 5.41) is 13.8. The Kier molecular flexibility index (Phi) is 3.47. The van der Waals surface area contributed by atoms with Gasteiger partial charge in [-0.3, -0.25) is 4.98 Å². The highest BCUT2D eigenvalue weighted by Crippen LogP contribution is 2.25. The predicted molar refractivity (Wildman–Crippen MR) is 87.4 cm³/mol. The van der Waals surface area contributed by atoms with Gasteiger partial charge in [0.2, 0.25) is 4.96 Å². The van der Waals surface area contributed by atoms with Gasteiger partial charge >= 0.3 is 0 Å². The molecule has 0 atom stereocenters. The highest BCUT2D eigenvalue weighted by atomic mass is 32.1. The minimum atomic E-state index is 0.322. The highest BCUT2D eigenvalue weighted by molar-refractivity contribution is 7.19. The molecule has 114 valence electrons. The average Bonchev–Trinajstić information content (AvgIpc) is 3.16. The molecule has 0 N–H and O–H groups in total. The Labute approximate surface area is 136 Å². The second kappa shape index (κ2) is 5.77. The van der Waals surface area contributed by atoms with E-state index in [9.17, 15) is 0 Å². The number of ether oxygens (including phenoxy) is 1. The van der Waals surface area contributed by atoms with Crippen molar-refractivity contribution < 1.29 is 4.74 Å². The Balaban J connectivity index is 1.61. The van der Waals surface area contributed by atoms with Crippen LogP contribution in [0.3, 0.4) is 0 Å². The first-order valence-corrected chi connectivity index (χ1v) is 7.93. The lowest BCUT2D eigenvalue weighted by molar-refractivity contribution is 0.291. The maximum Gasteiger partial charge on any atom is 0.235 e. The van der Waals surface area contributed by atoms with Crippen molar-refractivity contribution in [3.8, 4) is 16.3 Å². The molecule has 1 aromatic carbocycles. The summed E-state index contributed by atoms with van der Waals surface area (Å²) in [5.74, 6) is 1.52. The van der Waals surface area contributed by atoms with E-state index in [1.807, 2.05) is 43.3 Å². The summed E-state index contributed by atoms with van der Waals surface area (Å²) in [6, 6.07) is 11.7. The number of benzene rings is 1. The second-order valence-corrected chi connectivity index (χ2v) is 5.97. The maximum absolute atomic E-state index is 5.83. The van der Waals surface area contributed by atoms with Crippen LogP contribution in [-0.4, -0.2) is 24.8 Å². The van der Waals surface area contributed by atoms with Crippen molar-refractivity contribution in [2.24, 2.45) is 0 Å². The number of aromatic nitrogens is 5. The second-order valence-electron chi connectivity index (χ2n) is 5.01. The molecule has 0 aliphatic rings. The SMILES string of the molecule is Cc1ccccc1OCc1nnc2sc(-c3cccnc3)nn12. The quantitative estimate of drug-likeness (QED) is 0.577. The number of fused-ring (bicyclic) bond motifs is 1. The summed E-state index contributed by atoms with van der Waals surface area (Å²) in [5.41, 5.74) is 2.05. The zero-order valence-corrected chi connectivity index (χ0v) is 13.2. The summed E-state index contributed by atoms with van der Waals surface area (Å²) < 4.78 is 7.56. The van der Waals surface area contributed by atoms with Crippen molar-refractivity contribution in [3.05, 3.63) is 60.2 Å². The maximum atomic E-state index is 5.83. The summed E-state index contributed by atoms with van der Waals surface area (Å²) in [7, 11) is 0. The van der Waals surface area contributed by atoms with Gasteiger partial charge in [-0.05, 0) is 30.7 Å². The van der Waals surface area contributed by atoms with Crippen LogP contribution in [0.5, 0.6) is 5.75 Å². The van der Waals surface area contributed by atoms with Gasteiger partial charge in [-0.15, -0.1) is 10.2 Å². The Bertz CT molecular complexity index is 947. The zero-order valence-electron chi connectivity index (χ0n) is 12.4. The summed E-state index contributed by atoms with van der Waals surface area (Å²) in [6.07, 6.45) is 3.53. The summed E-state index contributed by atoms with van der Waals surface area (Å²) >= 11 is 1.48. The molecule has 0 aliphatic carbocycles. The number of hydrogen-bond acceptors (Lipinski definition) is 6. The number of hydrogen-bond donors (Lipinski definition) is 0. The van der Waals surface area contributed by atoms with Crippen LogP contribution in [0.25, 0.3) is 15.5 Å². The fourth-order valence-corrected chi connectivity index (χ4v) is 3.06. The summed E-state index contributed by atoms with van der Waals surface area (Å²) in [4.78, 5) is 4.86. The number of rotatable bonds is 4. The molecule has 4 aromatic rings. The zero-order chi connectivity index (χ0) is 15.6. The normalized spacial score (nSPS) is 11.0. The number of nitrogens with zero attached hydrogens (tertiary/aromatic N) is 5. The minimum absolute atomic E-state index is 0.322. The molecular weight excluding hydrogens is 310 g/mol. The van der Waals surface area contributed by atoms with E-state index in [-0.39, 0.29) is 0 Å². The fraction of sp³-hybridized carbons (Fsp3) is 0.125. The van der Waals surface area contributed by atoms with Crippen molar-refractivity contribution in [2.45, 2.75) is 13.5 Å². The number of para-hydroxylation sites is 1. The van der Waals surface area contributed by atoms with Gasteiger partial charge in [0.25, 0.3) is 0 Å². The molecule has 23 heavy (non-hydrogen) atoms. The highest BCUT2D eigenvalue weighted by Gasteiger charge is 2.13. The van der Waals surface area contributed by atoms with Crippen molar-refractivity contribution in [1.29, 1.82) is 0 Å². The van der Waals surface area contributed by atoms with Crippen molar-refractivity contribution >= 4 is 16.3 Å². The molecule has 4 rings (SSSR count). The van der Waals surface area contributed by atoms with Gasteiger partial charge in [0.15, 0.2) is 5.82 Å². The van der Waals surface area contributed by atoms with Gasteiger partial charge in [0, 0.05) is 18.0 Å². The first-order chi connectivity index (χ1) is 11.3. The fourth-order valence-electron chi connectivity index (χ4n) is 2.21. The first-order valence-electron chi connectivity index (χ1n) is 7.11. The number of aryl methyl sites for hydroxylation is 1. The van der Waals surface area contributed by atoms with E-state index in [1.165, 1.54) is 11.3 Å². The lowest BCUT2D eigenvalue weighted by atomic mass is 10.2. The van der Waals surface area contributed by atoms with Crippen LogP contribution in [0.15, 0.2) is 48.8 Å². The Morgan fingerprint density at radius 2 is 2.04 bits per heavy atom. The topological polar surface area (TPSA) is 65.2 Å². The molecule has 0 spiro atoms. The lowest BCUT2D eigenvalue weighted by Gasteiger charge is -2.06.